The number of carbonyl (C=O) groups excluding carboxylic acids is 1. The predicted molar refractivity (Wildman–Crippen MR) is 110 cm³/mol. The van der Waals surface area contributed by atoms with Crippen molar-refractivity contribution in [2.75, 3.05) is 10.6 Å². The molecule has 3 aromatic carbocycles. The summed E-state index contributed by atoms with van der Waals surface area (Å²) in [7, 11) is 0. The van der Waals surface area contributed by atoms with Crippen LogP contribution in [-0.2, 0) is 6.54 Å². The molecule has 9 heteroatoms. The van der Waals surface area contributed by atoms with Crippen LogP contribution in [-0.4, -0.2) is 10.8 Å². The molecule has 0 aliphatic rings. The molecule has 0 fully saturated rings. The standard InChI is InChI=1S/C20H16N6O3/c21-25-22-13-14-10-17(23-16-6-8-19(9-7-16)26(28)29)12-18(11-14)24-20(27)15-4-2-1-3-5-15/h1-12,23H,13H2,(H,24,27). The van der Waals surface area contributed by atoms with Crippen LogP contribution in [0.4, 0.5) is 22.7 Å². The zero-order chi connectivity index (χ0) is 20.6. The van der Waals surface area contributed by atoms with Crippen LogP contribution < -0.4 is 10.6 Å². The monoisotopic (exact) mass is 388 g/mol. The van der Waals surface area contributed by atoms with E-state index in [0.717, 1.165) is 0 Å². The molecule has 1 amide bonds. The fourth-order valence-electron chi connectivity index (χ4n) is 2.67. The number of nitrogens with one attached hydrogen (secondary N) is 2. The summed E-state index contributed by atoms with van der Waals surface area (Å²) in [6, 6.07) is 19.9. The van der Waals surface area contributed by atoms with Gasteiger partial charge in [0.25, 0.3) is 11.6 Å². The third-order valence-electron chi connectivity index (χ3n) is 3.97. The van der Waals surface area contributed by atoms with Crippen molar-refractivity contribution >= 4 is 28.7 Å². The third-order valence-corrected chi connectivity index (χ3v) is 3.97. The number of benzene rings is 3. The van der Waals surface area contributed by atoms with Crippen molar-refractivity contribution < 1.29 is 9.72 Å². The average molecular weight is 388 g/mol. The molecule has 0 aromatic heterocycles. The van der Waals surface area contributed by atoms with Crippen LogP contribution in [0.25, 0.3) is 10.4 Å². The lowest BCUT2D eigenvalue weighted by atomic mass is 10.1. The van der Waals surface area contributed by atoms with Crippen LogP contribution in [0.1, 0.15) is 15.9 Å². The van der Waals surface area contributed by atoms with Gasteiger partial charge in [-0.25, -0.2) is 0 Å². The van der Waals surface area contributed by atoms with Gasteiger partial charge in [-0.2, -0.15) is 0 Å². The molecular weight excluding hydrogens is 372 g/mol. The zero-order valence-electron chi connectivity index (χ0n) is 15.1. The number of amides is 1. The fourth-order valence-corrected chi connectivity index (χ4v) is 2.67. The molecule has 9 nitrogen and oxygen atoms in total. The molecule has 0 heterocycles. The third kappa shape index (κ3) is 5.31. The Kier molecular flexibility index (Phi) is 6.04. The molecule has 0 spiro atoms. The molecule has 3 aromatic rings. The minimum atomic E-state index is -0.471. The number of azide groups is 1. The van der Waals surface area contributed by atoms with Crippen molar-refractivity contribution in [2.24, 2.45) is 5.11 Å². The Bertz CT molecular complexity index is 1080. The number of non-ortho nitro benzene ring substituents is 1. The zero-order valence-corrected chi connectivity index (χ0v) is 15.1. The second kappa shape index (κ2) is 9.03. The molecule has 0 aliphatic carbocycles. The minimum absolute atomic E-state index is 0.0107. The number of hydrogen-bond acceptors (Lipinski definition) is 5. The van der Waals surface area contributed by atoms with Crippen LogP contribution in [0.15, 0.2) is 77.9 Å². The Hall–Kier alpha value is -4.36. The average Bonchev–Trinajstić information content (AvgIpc) is 2.73. The highest BCUT2D eigenvalue weighted by molar-refractivity contribution is 6.04. The fraction of sp³-hybridized carbons (Fsp3) is 0.0500. The second-order valence-electron chi connectivity index (χ2n) is 6.06. The molecular formula is C20H16N6O3. The Morgan fingerprint density at radius 3 is 2.34 bits per heavy atom. The molecule has 2 N–H and O–H groups in total. The number of rotatable bonds is 7. The van der Waals surface area contributed by atoms with Crippen molar-refractivity contribution in [1.82, 2.24) is 0 Å². The van der Waals surface area contributed by atoms with E-state index in [0.29, 0.717) is 28.2 Å². The largest absolute Gasteiger partial charge is 0.355 e. The molecule has 0 saturated heterocycles. The molecule has 144 valence electrons. The molecule has 0 radical (unpaired) electrons. The highest BCUT2D eigenvalue weighted by atomic mass is 16.6. The van der Waals surface area contributed by atoms with E-state index in [2.05, 4.69) is 20.7 Å². The summed E-state index contributed by atoms with van der Waals surface area (Å²) < 4.78 is 0. The number of nitrogens with zero attached hydrogens (tertiary/aromatic N) is 4. The topological polar surface area (TPSA) is 133 Å². The summed E-state index contributed by atoms with van der Waals surface area (Å²) in [6.07, 6.45) is 0. The number of carbonyl (C=O) groups is 1. The van der Waals surface area contributed by atoms with Gasteiger partial charge < -0.3 is 10.6 Å². The predicted octanol–water partition coefficient (Wildman–Crippen LogP) is 5.40. The number of hydrogen-bond donors (Lipinski definition) is 2. The summed E-state index contributed by atoms with van der Waals surface area (Å²) in [4.78, 5) is 25.5. The summed E-state index contributed by atoms with van der Waals surface area (Å²) in [5.41, 5.74) is 11.6. The van der Waals surface area contributed by atoms with E-state index >= 15 is 0 Å². The first-order valence-corrected chi connectivity index (χ1v) is 8.58. The molecule has 0 bridgehead atoms. The SMILES string of the molecule is [N-]=[N+]=NCc1cc(NC(=O)c2ccccc2)cc(Nc2ccc([N+](=O)[O-])cc2)c1. The Morgan fingerprint density at radius 1 is 1.00 bits per heavy atom. The van der Waals surface area contributed by atoms with Crippen molar-refractivity contribution in [3.63, 3.8) is 0 Å². The van der Waals surface area contributed by atoms with E-state index in [-0.39, 0.29) is 18.1 Å². The Labute approximate surface area is 165 Å². The van der Waals surface area contributed by atoms with Gasteiger partial charge >= 0.3 is 0 Å². The maximum Gasteiger partial charge on any atom is 0.269 e. The van der Waals surface area contributed by atoms with Crippen LogP contribution in [0.3, 0.4) is 0 Å². The van der Waals surface area contributed by atoms with Crippen LogP contribution >= 0.6 is 0 Å². The molecule has 0 atom stereocenters. The molecule has 0 unspecified atom stereocenters. The number of anilines is 3. The quantitative estimate of drug-likeness (QED) is 0.184. The highest BCUT2D eigenvalue weighted by Crippen LogP contribution is 2.25. The molecule has 0 aliphatic heterocycles. The molecule has 3 rings (SSSR count). The van der Waals surface area contributed by atoms with Gasteiger partial charge in [-0.15, -0.1) is 0 Å². The van der Waals surface area contributed by atoms with Gasteiger partial charge in [-0.1, -0.05) is 23.3 Å². The van der Waals surface area contributed by atoms with E-state index in [1.807, 2.05) is 6.07 Å². The molecule has 29 heavy (non-hydrogen) atoms. The lowest BCUT2D eigenvalue weighted by Gasteiger charge is -2.12. The van der Waals surface area contributed by atoms with Gasteiger partial charge in [-0.3, -0.25) is 14.9 Å². The van der Waals surface area contributed by atoms with Crippen LogP contribution in [0.5, 0.6) is 0 Å². The van der Waals surface area contributed by atoms with Crippen molar-refractivity contribution in [3.8, 4) is 0 Å². The lowest BCUT2D eigenvalue weighted by Crippen LogP contribution is -2.12. The van der Waals surface area contributed by atoms with E-state index in [1.165, 1.54) is 12.1 Å². The second-order valence-corrected chi connectivity index (χ2v) is 6.06. The van der Waals surface area contributed by atoms with Crippen molar-refractivity contribution in [2.45, 2.75) is 6.54 Å². The number of nitro benzene ring substituents is 1. The Balaban J connectivity index is 1.85. The van der Waals surface area contributed by atoms with E-state index in [9.17, 15) is 14.9 Å². The normalized spacial score (nSPS) is 9.93. The summed E-state index contributed by atoms with van der Waals surface area (Å²) in [6.45, 7) is 0.112. The van der Waals surface area contributed by atoms with Gasteiger partial charge in [0, 0.05) is 39.7 Å². The van der Waals surface area contributed by atoms with Gasteiger partial charge in [0.05, 0.1) is 11.5 Å². The summed E-state index contributed by atoms with van der Waals surface area (Å²) >= 11 is 0. The first kappa shape index (κ1) is 19.4. The summed E-state index contributed by atoms with van der Waals surface area (Å²) in [5, 5.41) is 20.3. The van der Waals surface area contributed by atoms with Gasteiger partial charge in [0.15, 0.2) is 0 Å². The first-order chi connectivity index (χ1) is 14.0. The van der Waals surface area contributed by atoms with Crippen molar-refractivity contribution in [1.29, 1.82) is 0 Å². The molecule has 0 saturated carbocycles. The Morgan fingerprint density at radius 2 is 1.69 bits per heavy atom. The van der Waals surface area contributed by atoms with E-state index in [1.54, 1.807) is 54.6 Å². The van der Waals surface area contributed by atoms with Crippen LogP contribution in [0, 0.1) is 10.1 Å². The minimum Gasteiger partial charge on any atom is -0.355 e. The van der Waals surface area contributed by atoms with Crippen LogP contribution in [0.2, 0.25) is 0 Å². The summed E-state index contributed by atoms with van der Waals surface area (Å²) in [5.74, 6) is -0.271. The number of nitro groups is 1. The maximum absolute atomic E-state index is 12.4. The smallest absolute Gasteiger partial charge is 0.269 e. The lowest BCUT2D eigenvalue weighted by molar-refractivity contribution is -0.384. The van der Waals surface area contributed by atoms with E-state index in [4.69, 9.17) is 5.53 Å². The van der Waals surface area contributed by atoms with Crippen molar-refractivity contribution in [3.05, 3.63) is 104 Å². The van der Waals surface area contributed by atoms with E-state index < -0.39 is 4.92 Å². The first-order valence-electron chi connectivity index (χ1n) is 8.58. The van der Waals surface area contributed by atoms with Gasteiger partial charge in [0.2, 0.25) is 0 Å². The van der Waals surface area contributed by atoms with Gasteiger partial charge in [0.1, 0.15) is 0 Å². The maximum atomic E-state index is 12.4. The highest BCUT2D eigenvalue weighted by Gasteiger charge is 2.09. The van der Waals surface area contributed by atoms with Gasteiger partial charge in [-0.05, 0) is 53.6 Å².